The number of phenols is 1. The third-order valence-electron chi connectivity index (χ3n) is 5.57. The van der Waals surface area contributed by atoms with Crippen LogP contribution in [-0.2, 0) is 17.3 Å². The molecule has 141 valence electrons. The van der Waals surface area contributed by atoms with E-state index in [1.54, 1.807) is 0 Å². The summed E-state index contributed by atoms with van der Waals surface area (Å²) in [5.74, 6) is 0.455. The normalized spacial score (nSPS) is 12.5. The average Bonchev–Trinajstić information content (AvgIpc) is 2.48. The van der Waals surface area contributed by atoms with Gasteiger partial charge >= 0.3 is 0 Å². The van der Waals surface area contributed by atoms with Crippen LogP contribution in [0.5, 0.6) is 5.75 Å². The summed E-state index contributed by atoms with van der Waals surface area (Å²) >= 11 is 0. The van der Waals surface area contributed by atoms with Crippen molar-refractivity contribution in [3.63, 3.8) is 0 Å². The zero-order valence-corrected chi connectivity index (χ0v) is 18.3. The predicted molar refractivity (Wildman–Crippen MR) is 113 cm³/mol. The Morgan fingerprint density at radius 2 is 1.15 bits per heavy atom. The molecule has 26 heavy (non-hydrogen) atoms. The van der Waals surface area contributed by atoms with Crippen LogP contribution in [-0.4, -0.2) is 5.11 Å². The summed E-state index contributed by atoms with van der Waals surface area (Å²) in [7, 11) is 0. The number of phenolic OH excluding ortho intramolecular Hbond substituents is 1. The molecule has 0 aromatic heterocycles. The van der Waals surface area contributed by atoms with Gasteiger partial charge < -0.3 is 5.11 Å². The summed E-state index contributed by atoms with van der Waals surface area (Å²) in [4.78, 5) is 0. The van der Waals surface area contributed by atoms with Crippen LogP contribution < -0.4 is 0 Å². The van der Waals surface area contributed by atoms with Crippen LogP contribution in [0.2, 0.25) is 0 Å². The lowest BCUT2D eigenvalue weighted by Gasteiger charge is -2.28. The van der Waals surface area contributed by atoms with Crippen molar-refractivity contribution in [2.75, 3.05) is 0 Å². The lowest BCUT2D eigenvalue weighted by Crippen LogP contribution is -2.18. The lowest BCUT2D eigenvalue weighted by molar-refractivity contribution is 0.423. The van der Waals surface area contributed by atoms with Gasteiger partial charge in [-0.05, 0) is 95.5 Å². The minimum atomic E-state index is -0.0967. The molecule has 0 atom stereocenters. The van der Waals surface area contributed by atoms with Gasteiger partial charge in [-0.15, -0.1) is 0 Å². The van der Waals surface area contributed by atoms with Crippen molar-refractivity contribution in [1.29, 1.82) is 0 Å². The monoisotopic (exact) mass is 351 g/mol. The fraction of sp³-hybridized carbons (Fsp3) is 0.520. The SMILES string of the molecule is Cc1[c]c(C)c(C)c(Cc2cc(C(C)(C)C)c(O)c(C(C)(C)C)c2)c1C. The van der Waals surface area contributed by atoms with Gasteiger partial charge in [0, 0.05) is 0 Å². The van der Waals surface area contributed by atoms with Crippen LogP contribution in [0.3, 0.4) is 0 Å². The third kappa shape index (κ3) is 3.98. The first kappa shape index (κ1) is 20.6. The highest BCUT2D eigenvalue weighted by atomic mass is 16.3. The van der Waals surface area contributed by atoms with Crippen molar-refractivity contribution in [2.45, 2.75) is 86.5 Å². The summed E-state index contributed by atoms with van der Waals surface area (Å²) < 4.78 is 0. The van der Waals surface area contributed by atoms with Crippen LogP contribution in [0.15, 0.2) is 12.1 Å². The van der Waals surface area contributed by atoms with E-state index < -0.39 is 0 Å². The van der Waals surface area contributed by atoms with E-state index in [2.05, 4.69) is 87.4 Å². The number of hydrogen-bond donors (Lipinski definition) is 1. The molecule has 0 saturated carbocycles. The van der Waals surface area contributed by atoms with Gasteiger partial charge in [0.25, 0.3) is 0 Å². The molecule has 1 heteroatoms. The molecule has 0 fully saturated rings. The van der Waals surface area contributed by atoms with Crippen molar-refractivity contribution >= 4 is 0 Å². The first-order valence-corrected chi connectivity index (χ1v) is 9.59. The molecular weight excluding hydrogens is 316 g/mol. The molecule has 0 spiro atoms. The Labute approximate surface area is 160 Å². The zero-order valence-electron chi connectivity index (χ0n) is 18.3. The van der Waals surface area contributed by atoms with E-state index in [0.29, 0.717) is 5.75 Å². The molecule has 0 unspecified atom stereocenters. The Morgan fingerprint density at radius 1 is 0.769 bits per heavy atom. The molecule has 0 amide bonds. The second-order valence-corrected chi connectivity index (χ2v) is 9.82. The summed E-state index contributed by atoms with van der Waals surface area (Å²) in [6.07, 6.45) is 0.889. The first-order chi connectivity index (χ1) is 11.7. The zero-order chi connectivity index (χ0) is 20.0. The van der Waals surface area contributed by atoms with Gasteiger partial charge in [-0.2, -0.15) is 0 Å². The van der Waals surface area contributed by atoms with Gasteiger partial charge in [-0.3, -0.25) is 0 Å². The molecule has 0 aliphatic carbocycles. The number of benzene rings is 2. The topological polar surface area (TPSA) is 20.2 Å². The quantitative estimate of drug-likeness (QED) is 0.645. The van der Waals surface area contributed by atoms with Crippen LogP contribution in [0.1, 0.15) is 86.1 Å². The fourth-order valence-electron chi connectivity index (χ4n) is 3.61. The van der Waals surface area contributed by atoms with E-state index in [0.717, 1.165) is 17.5 Å². The fourth-order valence-corrected chi connectivity index (χ4v) is 3.61. The Bertz CT molecular complexity index is 765. The largest absolute Gasteiger partial charge is 0.507 e. The van der Waals surface area contributed by atoms with Crippen molar-refractivity contribution in [1.82, 2.24) is 0 Å². The molecule has 0 bridgehead atoms. The average molecular weight is 352 g/mol. The molecule has 0 heterocycles. The predicted octanol–water partition coefficient (Wildman–Crippen LogP) is 6.61. The minimum Gasteiger partial charge on any atom is -0.507 e. The van der Waals surface area contributed by atoms with Gasteiger partial charge in [0.05, 0.1) is 0 Å². The molecular formula is C25H35O. The maximum Gasteiger partial charge on any atom is 0.123 e. The van der Waals surface area contributed by atoms with Crippen molar-refractivity contribution in [2.24, 2.45) is 0 Å². The van der Waals surface area contributed by atoms with Crippen LogP contribution in [0.4, 0.5) is 0 Å². The summed E-state index contributed by atoms with van der Waals surface area (Å²) in [5, 5.41) is 10.9. The minimum absolute atomic E-state index is 0.0967. The van der Waals surface area contributed by atoms with E-state index in [1.165, 1.54) is 33.4 Å². The number of aromatic hydroxyl groups is 1. The van der Waals surface area contributed by atoms with E-state index in [4.69, 9.17) is 0 Å². The van der Waals surface area contributed by atoms with Crippen LogP contribution >= 0.6 is 0 Å². The molecule has 1 N–H and O–H groups in total. The van der Waals surface area contributed by atoms with Crippen LogP contribution in [0.25, 0.3) is 0 Å². The molecule has 1 radical (unpaired) electrons. The molecule has 0 saturated heterocycles. The van der Waals surface area contributed by atoms with Gasteiger partial charge in [0.2, 0.25) is 0 Å². The van der Waals surface area contributed by atoms with E-state index in [9.17, 15) is 5.11 Å². The Morgan fingerprint density at radius 3 is 1.50 bits per heavy atom. The highest BCUT2D eigenvalue weighted by molar-refractivity contribution is 5.52. The third-order valence-corrected chi connectivity index (χ3v) is 5.57. The Kier molecular flexibility index (Phi) is 5.34. The van der Waals surface area contributed by atoms with E-state index >= 15 is 0 Å². The van der Waals surface area contributed by atoms with Crippen molar-refractivity contribution in [3.05, 3.63) is 62.7 Å². The highest BCUT2D eigenvalue weighted by Crippen LogP contribution is 2.40. The maximum atomic E-state index is 10.9. The molecule has 2 aromatic carbocycles. The van der Waals surface area contributed by atoms with Gasteiger partial charge in [-0.1, -0.05) is 53.7 Å². The van der Waals surface area contributed by atoms with Crippen molar-refractivity contribution in [3.8, 4) is 5.75 Å². The molecule has 0 aliphatic rings. The highest BCUT2D eigenvalue weighted by Gasteiger charge is 2.26. The van der Waals surface area contributed by atoms with Crippen LogP contribution in [0, 0.1) is 33.8 Å². The molecule has 0 aliphatic heterocycles. The summed E-state index contributed by atoms with van der Waals surface area (Å²) in [6.45, 7) is 21.7. The number of rotatable bonds is 2. The van der Waals surface area contributed by atoms with Gasteiger partial charge in [0.15, 0.2) is 0 Å². The lowest BCUT2D eigenvalue weighted by atomic mass is 9.77. The Balaban J connectivity index is 2.69. The first-order valence-electron chi connectivity index (χ1n) is 9.59. The van der Waals surface area contributed by atoms with Gasteiger partial charge in [-0.25, -0.2) is 0 Å². The van der Waals surface area contributed by atoms with Gasteiger partial charge in [0.1, 0.15) is 5.75 Å². The maximum absolute atomic E-state index is 10.9. The van der Waals surface area contributed by atoms with Crippen molar-refractivity contribution < 1.29 is 5.11 Å². The van der Waals surface area contributed by atoms with E-state index in [1.807, 2.05) is 0 Å². The summed E-state index contributed by atoms with van der Waals surface area (Å²) in [6, 6.07) is 7.87. The second-order valence-electron chi connectivity index (χ2n) is 9.82. The molecule has 2 rings (SSSR count). The Hall–Kier alpha value is -1.76. The standard InChI is InChI=1S/C25H35O/c1-15-11-16(2)18(4)20(17(15)3)12-19-13-21(24(5,6)7)23(26)22(14-19)25(8,9)10/h13-14,26H,12H2,1-10H3. The van der Waals surface area contributed by atoms with E-state index in [-0.39, 0.29) is 10.8 Å². The molecule has 2 aromatic rings. The summed E-state index contributed by atoms with van der Waals surface area (Å²) in [5.41, 5.74) is 9.66. The number of aryl methyl sites for hydroxylation is 2. The molecule has 1 nitrogen and oxygen atoms in total. The smallest absolute Gasteiger partial charge is 0.123 e. The number of hydrogen-bond acceptors (Lipinski definition) is 1. The second kappa shape index (κ2) is 6.76.